The molecule has 0 amide bonds. The summed E-state index contributed by atoms with van der Waals surface area (Å²) in [5.41, 5.74) is 3.05. The molecular formula is C17H22O4. The normalized spacial score (nSPS) is 9.90. The second-order valence-corrected chi connectivity index (χ2v) is 4.67. The van der Waals surface area contributed by atoms with Crippen LogP contribution in [0.1, 0.15) is 22.3 Å². The van der Waals surface area contributed by atoms with E-state index in [0.717, 1.165) is 5.56 Å². The molecule has 0 saturated heterocycles. The molecule has 0 aliphatic heterocycles. The molecule has 2 aromatic rings. The molecule has 3 N–H and O–H groups in total. The van der Waals surface area contributed by atoms with Gasteiger partial charge in [0.05, 0.1) is 19.8 Å². The van der Waals surface area contributed by atoms with Crippen LogP contribution >= 0.6 is 0 Å². The van der Waals surface area contributed by atoms with Crippen LogP contribution in [0.25, 0.3) is 0 Å². The summed E-state index contributed by atoms with van der Waals surface area (Å²) in [7, 11) is 1.70. The van der Waals surface area contributed by atoms with E-state index >= 15 is 0 Å². The summed E-state index contributed by atoms with van der Waals surface area (Å²) >= 11 is 0. The number of hydrogen-bond donors (Lipinski definition) is 3. The van der Waals surface area contributed by atoms with E-state index < -0.39 is 0 Å². The highest BCUT2D eigenvalue weighted by Crippen LogP contribution is 2.24. The van der Waals surface area contributed by atoms with Gasteiger partial charge in [0.2, 0.25) is 0 Å². The van der Waals surface area contributed by atoms with Gasteiger partial charge in [-0.2, -0.15) is 0 Å². The van der Waals surface area contributed by atoms with Gasteiger partial charge in [0.1, 0.15) is 5.75 Å². The van der Waals surface area contributed by atoms with E-state index in [1.165, 1.54) is 5.56 Å². The van der Waals surface area contributed by atoms with E-state index in [0.29, 0.717) is 17.7 Å². The Morgan fingerprint density at radius 1 is 0.952 bits per heavy atom. The molecule has 0 bridgehead atoms. The predicted octanol–water partition coefficient (Wildman–Crippen LogP) is 2.52. The molecule has 0 atom stereocenters. The van der Waals surface area contributed by atoms with E-state index in [1.807, 2.05) is 37.3 Å². The van der Waals surface area contributed by atoms with Crippen LogP contribution in [0.3, 0.4) is 0 Å². The summed E-state index contributed by atoms with van der Waals surface area (Å²) in [4.78, 5) is 0. The molecule has 0 heterocycles. The highest BCUT2D eigenvalue weighted by Gasteiger charge is 2.06. The third kappa shape index (κ3) is 5.55. The Morgan fingerprint density at radius 2 is 1.48 bits per heavy atom. The minimum absolute atomic E-state index is 0.00870. The lowest BCUT2D eigenvalue weighted by Crippen LogP contribution is -1.92. The lowest BCUT2D eigenvalue weighted by atomic mass is 10.1. The standard InChI is InChI=1S/C9H12O3.C8H10O/c1-6-2-7(4-10)9(12)8(3-6)5-11;1-9-7-8-5-3-2-4-6-8/h2-3,10-12H,4-5H2,1H3;2-6H,7H2,1H3. The maximum absolute atomic E-state index is 9.39. The SMILES string of the molecule is COCc1ccccc1.Cc1cc(CO)c(O)c(CO)c1. The van der Waals surface area contributed by atoms with Crippen molar-refractivity contribution < 1.29 is 20.1 Å². The maximum Gasteiger partial charge on any atom is 0.126 e. The first-order chi connectivity index (χ1) is 10.1. The van der Waals surface area contributed by atoms with Gasteiger partial charge in [0.25, 0.3) is 0 Å². The van der Waals surface area contributed by atoms with Crippen LogP contribution in [-0.4, -0.2) is 22.4 Å². The number of methoxy groups -OCH3 is 1. The van der Waals surface area contributed by atoms with Crippen molar-refractivity contribution in [3.8, 4) is 5.75 Å². The molecule has 0 fully saturated rings. The van der Waals surface area contributed by atoms with Crippen molar-refractivity contribution in [2.24, 2.45) is 0 Å². The van der Waals surface area contributed by atoms with Crippen molar-refractivity contribution in [2.75, 3.05) is 7.11 Å². The lowest BCUT2D eigenvalue weighted by molar-refractivity contribution is 0.185. The molecule has 4 heteroatoms. The maximum atomic E-state index is 9.39. The number of aryl methyl sites for hydroxylation is 1. The molecule has 0 spiro atoms. The number of phenols is 1. The number of aliphatic hydroxyl groups excluding tert-OH is 2. The van der Waals surface area contributed by atoms with Crippen LogP contribution < -0.4 is 0 Å². The molecule has 4 nitrogen and oxygen atoms in total. The number of aromatic hydroxyl groups is 1. The monoisotopic (exact) mass is 290 g/mol. The van der Waals surface area contributed by atoms with Crippen molar-refractivity contribution in [3.63, 3.8) is 0 Å². The van der Waals surface area contributed by atoms with Gasteiger partial charge < -0.3 is 20.1 Å². The Hall–Kier alpha value is -1.88. The number of hydrogen-bond acceptors (Lipinski definition) is 4. The van der Waals surface area contributed by atoms with Crippen LogP contribution in [0.15, 0.2) is 42.5 Å². The molecule has 114 valence electrons. The van der Waals surface area contributed by atoms with Crippen LogP contribution in [0.2, 0.25) is 0 Å². The fourth-order valence-corrected chi connectivity index (χ4v) is 1.92. The van der Waals surface area contributed by atoms with E-state index in [1.54, 1.807) is 19.2 Å². The van der Waals surface area contributed by atoms with Gasteiger partial charge in [0.15, 0.2) is 0 Å². The van der Waals surface area contributed by atoms with Crippen LogP contribution in [0.4, 0.5) is 0 Å². The zero-order valence-corrected chi connectivity index (χ0v) is 12.4. The van der Waals surface area contributed by atoms with Crippen LogP contribution in [0.5, 0.6) is 5.75 Å². The summed E-state index contributed by atoms with van der Waals surface area (Å²) in [5.74, 6) is -0.00870. The molecule has 0 aliphatic carbocycles. The summed E-state index contributed by atoms with van der Waals surface area (Å²) in [6.07, 6.45) is 0. The van der Waals surface area contributed by atoms with Crippen molar-refractivity contribution in [1.82, 2.24) is 0 Å². The summed E-state index contributed by atoms with van der Waals surface area (Å²) in [6, 6.07) is 13.5. The smallest absolute Gasteiger partial charge is 0.126 e. The van der Waals surface area contributed by atoms with E-state index in [4.69, 9.17) is 14.9 Å². The minimum Gasteiger partial charge on any atom is -0.507 e. The molecular weight excluding hydrogens is 268 g/mol. The Balaban J connectivity index is 0.000000219. The predicted molar refractivity (Wildman–Crippen MR) is 81.8 cm³/mol. The first-order valence-corrected chi connectivity index (χ1v) is 6.68. The summed E-state index contributed by atoms with van der Waals surface area (Å²) in [6.45, 7) is 2.14. The molecule has 0 saturated carbocycles. The highest BCUT2D eigenvalue weighted by atomic mass is 16.5. The topological polar surface area (TPSA) is 69.9 Å². The summed E-state index contributed by atoms with van der Waals surface area (Å²) < 4.78 is 4.93. The lowest BCUT2D eigenvalue weighted by Gasteiger charge is -2.07. The highest BCUT2D eigenvalue weighted by molar-refractivity contribution is 5.42. The Morgan fingerprint density at radius 3 is 1.90 bits per heavy atom. The van der Waals surface area contributed by atoms with Gasteiger partial charge in [-0.05, 0) is 12.5 Å². The molecule has 2 aromatic carbocycles. The Bertz CT molecular complexity index is 513. The fourth-order valence-electron chi connectivity index (χ4n) is 1.92. The largest absolute Gasteiger partial charge is 0.507 e. The third-order valence-electron chi connectivity index (χ3n) is 2.91. The first-order valence-electron chi connectivity index (χ1n) is 6.68. The first kappa shape index (κ1) is 17.2. The van der Waals surface area contributed by atoms with Crippen LogP contribution in [-0.2, 0) is 24.6 Å². The molecule has 0 unspecified atom stereocenters. The second kappa shape index (κ2) is 9.13. The fraction of sp³-hybridized carbons (Fsp3) is 0.294. The molecule has 0 aliphatic rings. The quantitative estimate of drug-likeness (QED) is 0.809. The molecule has 0 aromatic heterocycles. The zero-order valence-electron chi connectivity index (χ0n) is 12.4. The van der Waals surface area contributed by atoms with E-state index in [2.05, 4.69) is 0 Å². The van der Waals surface area contributed by atoms with Gasteiger partial charge >= 0.3 is 0 Å². The average Bonchev–Trinajstić information content (AvgIpc) is 2.51. The zero-order chi connectivity index (χ0) is 15.7. The number of rotatable bonds is 4. The van der Waals surface area contributed by atoms with Gasteiger partial charge in [0, 0.05) is 18.2 Å². The van der Waals surface area contributed by atoms with Gasteiger partial charge in [-0.3, -0.25) is 0 Å². The van der Waals surface area contributed by atoms with Crippen molar-refractivity contribution in [1.29, 1.82) is 0 Å². The van der Waals surface area contributed by atoms with Crippen molar-refractivity contribution in [2.45, 2.75) is 26.7 Å². The minimum atomic E-state index is -0.208. The third-order valence-corrected chi connectivity index (χ3v) is 2.91. The molecule has 2 rings (SSSR count). The van der Waals surface area contributed by atoms with E-state index in [9.17, 15) is 5.11 Å². The number of benzene rings is 2. The number of ether oxygens (including phenoxy) is 1. The average molecular weight is 290 g/mol. The molecule has 0 radical (unpaired) electrons. The molecule has 21 heavy (non-hydrogen) atoms. The second-order valence-electron chi connectivity index (χ2n) is 4.67. The Kier molecular flexibility index (Phi) is 7.46. The van der Waals surface area contributed by atoms with Crippen molar-refractivity contribution >= 4 is 0 Å². The number of aliphatic hydroxyl groups is 2. The van der Waals surface area contributed by atoms with Crippen LogP contribution in [0, 0.1) is 6.92 Å². The Labute approximate surface area is 125 Å². The summed E-state index contributed by atoms with van der Waals surface area (Å²) in [5, 5.41) is 27.0. The van der Waals surface area contributed by atoms with Gasteiger partial charge in [-0.1, -0.05) is 48.0 Å². The van der Waals surface area contributed by atoms with E-state index in [-0.39, 0.29) is 19.0 Å². The van der Waals surface area contributed by atoms with Crippen molar-refractivity contribution in [3.05, 3.63) is 64.7 Å². The van der Waals surface area contributed by atoms with Gasteiger partial charge in [-0.15, -0.1) is 0 Å². The van der Waals surface area contributed by atoms with Gasteiger partial charge in [-0.25, -0.2) is 0 Å².